The van der Waals surface area contributed by atoms with E-state index in [-0.39, 0.29) is 17.4 Å². The van der Waals surface area contributed by atoms with Gasteiger partial charge in [0.25, 0.3) is 5.69 Å². The minimum atomic E-state index is -0.636. The fourth-order valence-electron chi connectivity index (χ4n) is 1.64. The molecule has 1 aromatic carbocycles. The Kier molecular flexibility index (Phi) is 4.01. The quantitative estimate of drug-likeness (QED) is 0.662. The second-order valence-corrected chi connectivity index (χ2v) is 5.51. The van der Waals surface area contributed by atoms with Gasteiger partial charge in [0.15, 0.2) is 0 Å². The Morgan fingerprint density at radius 2 is 2.21 bits per heavy atom. The van der Waals surface area contributed by atoms with Crippen molar-refractivity contribution in [3.05, 3.63) is 55.5 Å². The highest BCUT2D eigenvalue weighted by atomic mass is 35.5. The van der Waals surface area contributed by atoms with Crippen molar-refractivity contribution in [1.29, 1.82) is 0 Å². The van der Waals surface area contributed by atoms with Crippen molar-refractivity contribution in [2.45, 2.75) is 13.0 Å². The summed E-state index contributed by atoms with van der Waals surface area (Å²) < 4.78 is 13.7. The second kappa shape index (κ2) is 5.54. The predicted molar refractivity (Wildman–Crippen MR) is 74.4 cm³/mol. The molecule has 0 aliphatic rings. The molecule has 1 unspecified atom stereocenters. The average molecular weight is 301 g/mol. The zero-order valence-electron chi connectivity index (χ0n) is 9.89. The molecule has 0 saturated heterocycles. The van der Waals surface area contributed by atoms with E-state index in [0.29, 0.717) is 4.34 Å². The normalized spacial score (nSPS) is 12.2. The van der Waals surface area contributed by atoms with Crippen LogP contribution in [0.2, 0.25) is 4.34 Å². The Hall–Kier alpha value is -1.66. The third-order valence-corrected chi connectivity index (χ3v) is 3.73. The van der Waals surface area contributed by atoms with Gasteiger partial charge in [-0.1, -0.05) is 11.6 Å². The second-order valence-electron chi connectivity index (χ2n) is 3.97. The summed E-state index contributed by atoms with van der Waals surface area (Å²) in [6.45, 7) is 1.85. The molecule has 0 aliphatic carbocycles. The number of nitro benzene ring substituents is 1. The summed E-state index contributed by atoms with van der Waals surface area (Å²) in [5, 5.41) is 15.7. The van der Waals surface area contributed by atoms with E-state index in [2.05, 4.69) is 5.32 Å². The third-order valence-electron chi connectivity index (χ3n) is 2.62. The van der Waals surface area contributed by atoms with Gasteiger partial charge in [-0.25, -0.2) is 4.39 Å². The smallest absolute Gasteiger partial charge is 0.295 e. The van der Waals surface area contributed by atoms with Crippen molar-refractivity contribution < 1.29 is 9.31 Å². The largest absolute Gasteiger partial charge is 0.373 e. The Morgan fingerprint density at radius 3 is 2.79 bits per heavy atom. The highest BCUT2D eigenvalue weighted by molar-refractivity contribution is 7.14. The fourth-order valence-corrected chi connectivity index (χ4v) is 2.63. The van der Waals surface area contributed by atoms with Crippen LogP contribution in [-0.2, 0) is 0 Å². The zero-order valence-corrected chi connectivity index (χ0v) is 11.5. The number of thiophene rings is 1. The Bertz CT molecular complexity index is 618. The van der Waals surface area contributed by atoms with E-state index in [4.69, 9.17) is 11.6 Å². The van der Waals surface area contributed by atoms with Crippen LogP contribution in [0.4, 0.5) is 15.8 Å². The van der Waals surface area contributed by atoms with Gasteiger partial charge in [-0.3, -0.25) is 10.1 Å². The topological polar surface area (TPSA) is 55.2 Å². The molecule has 0 bridgehead atoms. The maximum atomic E-state index is 13.0. The molecule has 19 heavy (non-hydrogen) atoms. The maximum absolute atomic E-state index is 13.0. The van der Waals surface area contributed by atoms with E-state index >= 15 is 0 Å². The molecule has 7 heteroatoms. The molecule has 1 atom stereocenters. The van der Waals surface area contributed by atoms with Crippen molar-refractivity contribution in [2.75, 3.05) is 5.32 Å². The molecule has 0 spiro atoms. The van der Waals surface area contributed by atoms with E-state index in [9.17, 15) is 14.5 Å². The zero-order chi connectivity index (χ0) is 14.0. The van der Waals surface area contributed by atoms with E-state index in [1.807, 2.05) is 12.3 Å². The van der Waals surface area contributed by atoms with Crippen LogP contribution in [0.25, 0.3) is 0 Å². The summed E-state index contributed by atoms with van der Waals surface area (Å²) >= 11 is 7.23. The molecule has 1 aromatic heterocycles. The maximum Gasteiger partial charge on any atom is 0.295 e. The van der Waals surface area contributed by atoms with Crippen LogP contribution < -0.4 is 5.32 Å². The first-order valence-electron chi connectivity index (χ1n) is 5.42. The molecule has 2 aromatic rings. The van der Waals surface area contributed by atoms with Crippen LogP contribution in [-0.4, -0.2) is 4.92 Å². The lowest BCUT2D eigenvalue weighted by molar-refractivity contribution is -0.384. The number of rotatable bonds is 4. The molecule has 100 valence electrons. The highest BCUT2D eigenvalue weighted by Gasteiger charge is 2.17. The number of nitrogens with one attached hydrogen (secondary N) is 1. The van der Waals surface area contributed by atoms with Crippen LogP contribution in [0.15, 0.2) is 29.6 Å². The molecular weight excluding hydrogens is 291 g/mol. The van der Waals surface area contributed by atoms with Crippen molar-refractivity contribution in [1.82, 2.24) is 0 Å². The molecule has 0 aliphatic heterocycles. The average Bonchev–Trinajstić information content (AvgIpc) is 2.78. The van der Waals surface area contributed by atoms with Crippen molar-refractivity contribution >= 4 is 34.3 Å². The van der Waals surface area contributed by atoms with Crippen LogP contribution in [0.1, 0.15) is 18.5 Å². The first-order valence-corrected chi connectivity index (χ1v) is 6.67. The van der Waals surface area contributed by atoms with Crippen LogP contribution in [0.5, 0.6) is 0 Å². The SMILES string of the molecule is CC(Nc1ccc(F)cc1[N+](=O)[O-])c1csc(Cl)c1. The van der Waals surface area contributed by atoms with E-state index in [1.165, 1.54) is 23.5 Å². The summed E-state index contributed by atoms with van der Waals surface area (Å²) in [4.78, 5) is 10.3. The summed E-state index contributed by atoms with van der Waals surface area (Å²) in [7, 11) is 0. The molecule has 1 heterocycles. The molecule has 0 radical (unpaired) electrons. The fraction of sp³-hybridized carbons (Fsp3) is 0.167. The third kappa shape index (κ3) is 3.21. The molecule has 2 rings (SSSR count). The van der Waals surface area contributed by atoms with Gasteiger partial charge in [0.05, 0.1) is 15.3 Å². The number of hydrogen-bond acceptors (Lipinski definition) is 4. The van der Waals surface area contributed by atoms with Crippen molar-refractivity contribution in [3.63, 3.8) is 0 Å². The van der Waals surface area contributed by atoms with Gasteiger partial charge in [0.1, 0.15) is 11.5 Å². The monoisotopic (exact) mass is 300 g/mol. The van der Waals surface area contributed by atoms with Crippen molar-refractivity contribution in [2.24, 2.45) is 0 Å². The number of hydrogen-bond donors (Lipinski definition) is 1. The Morgan fingerprint density at radius 1 is 1.47 bits per heavy atom. The minimum absolute atomic E-state index is 0.159. The van der Waals surface area contributed by atoms with E-state index in [1.54, 1.807) is 6.07 Å². The molecule has 0 saturated carbocycles. The van der Waals surface area contributed by atoms with Crippen molar-refractivity contribution in [3.8, 4) is 0 Å². The first-order chi connectivity index (χ1) is 8.97. The standard InChI is InChI=1S/C12H10ClFN2O2S/c1-7(8-4-12(13)19-6-8)15-10-3-2-9(14)5-11(10)16(17)18/h2-7,15H,1H3. The number of nitrogens with zero attached hydrogens (tertiary/aromatic N) is 1. The Balaban J connectivity index is 2.26. The molecule has 4 nitrogen and oxygen atoms in total. The lowest BCUT2D eigenvalue weighted by Crippen LogP contribution is -2.07. The summed E-state index contributed by atoms with van der Waals surface area (Å²) in [6, 6.07) is 5.07. The summed E-state index contributed by atoms with van der Waals surface area (Å²) in [5.74, 6) is -0.636. The van der Waals surface area contributed by atoms with E-state index < -0.39 is 10.7 Å². The molecule has 0 amide bonds. The Labute approximate surface area is 118 Å². The number of nitro groups is 1. The number of anilines is 1. The highest BCUT2D eigenvalue weighted by Crippen LogP contribution is 2.31. The van der Waals surface area contributed by atoms with Gasteiger partial charge in [0.2, 0.25) is 0 Å². The lowest BCUT2D eigenvalue weighted by Gasteiger charge is -2.14. The first kappa shape index (κ1) is 13.8. The minimum Gasteiger partial charge on any atom is -0.373 e. The van der Waals surface area contributed by atoms with E-state index in [0.717, 1.165) is 11.6 Å². The number of halogens is 2. The molecular formula is C12H10ClFN2O2S. The van der Waals surface area contributed by atoms with Crippen LogP contribution in [0, 0.1) is 15.9 Å². The predicted octanol–water partition coefficient (Wildman–Crippen LogP) is 4.62. The van der Waals surface area contributed by atoms with Gasteiger partial charge in [-0.05, 0) is 36.1 Å². The van der Waals surface area contributed by atoms with Crippen LogP contribution >= 0.6 is 22.9 Å². The van der Waals surface area contributed by atoms with Gasteiger partial charge in [-0.2, -0.15) is 0 Å². The van der Waals surface area contributed by atoms with Gasteiger partial charge >= 0.3 is 0 Å². The van der Waals surface area contributed by atoms with Crippen LogP contribution in [0.3, 0.4) is 0 Å². The summed E-state index contributed by atoms with van der Waals surface area (Å²) in [6.07, 6.45) is 0. The van der Waals surface area contributed by atoms with Gasteiger partial charge in [0, 0.05) is 6.04 Å². The molecule has 1 N–H and O–H groups in total. The summed E-state index contributed by atoms with van der Waals surface area (Å²) in [5.41, 5.74) is 0.919. The molecule has 0 fully saturated rings. The number of benzene rings is 1. The van der Waals surface area contributed by atoms with Gasteiger partial charge in [-0.15, -0.1) is 11.3 Å². The lowest BCUT2D eigenvalue weighted by atomic mass is 10.1. The van der Waals surface area contributed by atoms with Gasteiger partial charge < -0.3 is 5.32 Å².